The van der Waals surface area contributed by atoms with E-state index in [0.29, 0.717) is 6.54 Å². The van der Waals surface area contributed by atoms with Gasteiger partial charge in [0.2, 0.25) is 0 Å². The van der Waals surface area contributed by atoms with Crippen LogP contribution in [0.2, 0.25) is 0 Å². The molecule has 0 bridgehead atoms. The second-order valence-corrected chi connectivity index (χ2v) is 6.75. The zero-order valence-electron chi connectivity index (χ0n) is 10.8. The highest BCUT2D eigenvalue weighted by Crippen LogP contribution is 2.36. The molecule has 1 amide bonds. The predicted molar refractivity (Wildman–Crippen MR) is 73.6 cm³/mol. The van der Waals surface area contributed by atoms with E-state index in [9.17, 15) is 9.18 Å². The highest BCUT2D eigenvalue weighted by atomic mass is 32.2. The van der Waals surface area contributed by atoms with Crippen LogP contribution in [0.3, 0.4) is 0 Å². The van der Waals surface area contributed by atoms with E-state index in [-0.39, 0.29) is 16.2 Å². The van der Waals surface area contributed by atoms with Crippen molar-refractivity contribution in [1.82, 2.24) is 5.32 Å². The number of rotatable bonds is 3. The highest BCUT2D eigenvalue weighted by molar-refractivity contribution is 8.00. The lowest BCUT2D eigenvalue weighted by Crippen LogP contribution is -2.37. The van der Waals surface area contributed by atoms with Crippen LogP contribution >= 0.6 is 11.8 Å². The lowest BCUT2D eigenvalue weighted by atomic mass is 10.1. The minimum atomic E-state index is -0.456. The molecule has 1 aromatic carbocycles. The molecule has 1 aliphatic rings. The van der Waals surface area contributed by atoms with E-state index in [1.54, 1.807) is 12.1 Å². The maximum Gasteiger partial charge on any atom is 0.254 e. The summed E-state index contributed by atoms with van der Waals surface area (Å²) in [5, 5.41) is 2.85. The Balaban J connectivity index is 2.01. The van der Waals surface area contributed by atoms with Crippen molar-refractivity contribution in [2.75, 3.05) is 12.3 Å². The summed E-state index contributed by atoms with van der Waals surface area (Å²) in [4.78, 5) is 12.0. The van der Waals surface area contributed by atoms with Gasteiger partial charge in [-0.25, -0.2) is 4.39 Å². The van der Waals surface area contributed by atoms with E-state index in [1.165, 1.54) is 12.5 Å². The van der Waals surface area contributed by atoms with Gasteiger partial charge in [-0.1, -0.05) is 11.6 Å². The molecule has 98 valence electrons. The summed E-state index contributed by atoms with van der Waals surface area (Å²) in [5.74, 6) is 0.373. The number of amides is 1. The van der Waals surface area contributed by atoms with Crippen molar-refractivity contribution >= 4 is 17.7 Å². The van der Waals surface area contributed by atoms with Gasteiger partial charge in [0, 0.05) is 11.3 Å². The fourth-order valence-corrected chi connectivity index (χ4v) is 3.40. The summed E-state index contributed by atoms with van der Waals surface area (Å²) in [5.41, 5.74) is 1.03. The molecule has 18 heavy (non-hydrogen) atoms. The summed E-state index contributed by atoms with van der Waals surface area (Å²) < 4.78 is 13.7. The summed E-state index contributed by atoms with van der Waals surface area (Å²) in [7, 11) is 0. The van der Waals surface area contributed by atoms with Gasteiger partial charge in [0.25, 0.3) is 5.91 Å². The van der Waals surface area contributed by atoms with E-state index in [2.05, 4.69) is 12.2 Å². The quantitative estimate of drug-likeness (QED) is 0.911. The SMILES string of the molecule is Cc1ccc(F)c(C(=O)NCC2(C)CCCS2)c1. The van der Waals surface area contributed by atoms with Gasteiger partial charge >= 0.3 is 0 Å². The molecule has 1 atom stereocenters. The molecule has 2 rings (SSSR count). The van der Waals surface area contributed by atoms with Crippen molar-refractivity contribution in [3.8, 4) is 0 Å². The molecule has 0 saturated carbocycles. The average Bonchev–Trinajstić information content (AvgIpc) is 2.77. The molecule has 1 saturated heterocycles. The Morgan fingerprint density at radius 3 is 3.00 bits per heavy atom. The normalized spacial score (nSPS) is 23.1. The van der Waals surface area contributed by atoms with Crippen molar-refractivity contribution in [1.29, 1.82) is 0 Å². The lowest BCUT2D eigenvalue weighted by Gasteiger charge is -2.22. The van der Waals surface area contributed by atoms with E-state index >= 15 is 0 Å². The monoisotopic (exact) mass is 267 g/mol. The fraction of sp³-hybridized carbons (Fsp3) is 0.500. The Morgan fingerprint density at radius 2 is 2.33 bits per heavy atom. The third kappa shape index (κ3) is 3.05. The van der Waals surface area contributed by atoms with Gasteiger partial charge in [-0.15, -0.1) is 0 Å². The molecular weight excluding hydrogens is 249 g/mol. The van der Waals surface area contributed by atoms with Crippen molar-refractivity contribution in [3.63, 3.8) is 0 Å². The molecule has 1 heterocycles. The van der Waals surface area contributed by atoms with Gasteiger partial charge in [-0.2, -0.15) is 11.8 Å². The second kappa shape index (κ2) is 5.31. The first-order chi connectivity index (χ1) is 8.50. The minimum Gasteiger partial charge on any atom is -0.351 e. The van der Waals surface area contributed by atoms with Crippen LogP contribution in [0.4, 0.5) is 4.39 Å². The van der Waals surface area contributed by atoms with Crippen LogP contribution in [-0.2, 0) is 0 Å². The molecule has 0 spiro atoms. The first-order valence-electron chi connectivity index (χ1n) is 6.18. The highest BCUT2D eigenvalue weighted by Gasteiger charge is 2.30. The summed E-state index contributed by atoms with van der Waals surface area (Å²) in [6.45, 7) is 4.60. The maximum absolute atomic E-state index is 13.6. The van der Waals surface area contributed by atoms with Crippen LogP contribution in [-0.4, -0.2) is 23.0 Å². The second-order valence-electron chi connectivity index (χ2n) is 5.07. The number of halogens is 1. The summed E-state index contributed by atoms with van der Waals surface area (Å²) in [6, 6.07) is 4.60. The maximum atomic E-state index is 13.6. The van der Waals surface area contributed by atoms with Gasteiger partial charge in [0.1, 0.15) is 5.82 Å². The Morgan fingerprint density at radius 1 is 1.56 bits per heavy atom. The smallest absolute Gasteiger partial charge is 0.254 e. The molecule has 0 aromatic heterocycles. The third-order valence-electron chi connectivity index (χ3n) is 3.29. The number of hydrogen-bond donors (Lipinski definition) is 1. The molecule has 4 heteroatoms. The van der Waals surface area contributed by atoms with Crippen molar-refractivity contribution in [3.05, 3.63) is 35.1 Å². The van der Waals surface area contributed by atoms with Crippen LogP contribution in [0.5, 0.6) is 0 Å². The van der Waals surface area contributed by atoms with Crippen molar-refractivity contribution in [2.24, 2.45) is 0 Å². The molecule has 1 fully saturated rings. The molecule has 1 N–H and O–H groups in total. The molecule has 1 aliphatic heterocycles. The number of carbonyl (C=O) groups is 1. The Bertz CT molecular complexity index is 455. The number of nitrogens with one attached hydrogen (secondary N) is 1. The van der Waals surface area contributed by atoms with Crippen LogP contribution in [0.15, 0.2) is 18.2 Å². The van der Waals surface area contributed by atoms with E-state index in [0.717, 1.165) is 17.7 Å². The first-order valence-corrected chi connectivity index (χ1v) is 7.17. The Hall–Kier alpha value is -1.03. The average molecular weight is 267 g/mol. The van der Waals surface area contributed by atoms with Crippen LogP contribution in [0, 0.1) is 12.7 Å². The topological polar surface area (TPSA) is 29.1 Å². The zero-order chi connectivity index (χ0) is 13.2. The number of thioether (sulfide) groups is 1. The van der Waals surface area contributed by atoms with Crippen molar-refractivity contribution < 1.29 is 9.18 Å². The van der Waals surface area contributed by atoms with Crippen LogP contribution in [0.25, 0.3) is 0 Å². The van der Waals surface area contributed by atoms with E-state index in [1.807, 2.05) is 18.7 Å². The third-order valence-corrected chi connectivity index (χ3v) is 4.83. The molecule has 1 aromatic rings. The first kappa shape index (κ1) is 13.4. The zero-order valence-corrected chi connectivity index (χ0v) is 11.6. The predicted octanol–water partition coefficient (Wildman–Crippen LogP) is 3.15. The number of aryl methyl sites for hydroxylation is 1. The van der Waals surface area contributed by atoms with E-state index < -0.39 is 5.82 Å². The summed E-state index contributed by atoms with van der Waals surface area (Å²) >= 11 is 1.88. The molecule has 0 aliphatic carbocycles. The number of benzene rings is 1. The summed E-state index contributed by atoms with van der Waals surface area (Å²) in [6.07, 6.45) is 2.30. The van der Waals surface area contributed by atoms with Gasteiger partial charge < -0.3 is 5.32 Å². The van der Waals surface area contributed by atoms with Crippen LogP contribution < -0.4 is 5.32 Å². The lowest BCUT2D eigenvalue weighted by molar-refractivity contribution is 0.0946. The molecule has 1 unspecified atom stereocenters. The van der Waals surface area contributed by atoms with Gasteiger partial charge in [-0.3, -0.25) is 4.79 Å². The van der Waals surface area contributed by atoms with Crippen LogP contribution in [0.1, 0.15) is 35.7 Å². The van der Waals surface area contributed by atoms with E-state index in [4.69, 9.17) is 0 Å². The number of carbonyl (C=O) groups excluding carboxylic acids is 1. The van der Waals surface area contributed by atoms with Crippen molar-refractivity contribution in [2.45, 2.75) is 31.4 Å². The molecule has 2 nitrogen and oxygen atoms in total. The Labute approximate surface area is 111 Å². The van der Waals surface area contributed by atoms with Gasteiger partial charge in [0.15, 0.2) is 0 Å². The standard InChI is InChI=1S/C14H18FNOS/c1-10-4-5-12(15)11(8-10)13(17)16-9-14(2)6-3-7-18-14/h4-5,8H,3,6-7,9H2,1-2H3,(H,16,17). The fourth-order valence-electron chi connectivity index (χ4n) is 2.15. The minimum absolute atomic E-state index is 0.107. The Kier molecular flexibility index (Phi) is 3.95. The van der Waals surface area contributed by atoms with Gasteiger partial charge in [-0.05, 0) is 44.6 Å². The molecule has 0 radical (unpaired) electrons. The molecular formula is C14H18FNOS. The largest absolute Gasteiger partial charge is 0.351 e. The van der Waals surface area contributed by atoms with Gasteiger partial charge in [0.05, 0.1) is 5.56 Å². The number of hydrogen-bond acceptors (Lipinski definition) is 2.